The highest BCUT2D eigenvalue weighted by Crippen LogP contribution is 2.38. The molecular weight excluding hydrogens is 228 g/mol. The van der Waals surface area contributed by atoms with E-state index in [0.717, 1.165) is 30.8 Å². The van der Waals surface area contributed by atoms with Crippen LogP contribution in [-0.2, 0) is 17.7 Å². The number of carbonyl (C=O) groups is 1. The summed E-state index contributed by atoms with van der Waals surface area (Å²) in [5.41, 5.74) is 4.33. The number of hydrogen-bond acceptors (Lipinski definition) is 3. The highest BCUT2D eigenvalue weighted by atomic mass is 16.5. The lowest BCUT2D eigenvalue weighted by Crippen LogP contribution is -2.24. The molecule has 98 valence electrons. The number of aromatic nitrogens is 1. The van der Waals surface area contributed by atoms with Crippen molar-refractivity contribution in [2.75, 3.05) is 13.7 Å². The van der Waals surface area contributed by atoms with Crippen LogP contribution in [-0.4, -0.2) is 24.6 Å². The number of esters is 1. The van der Waals surface area contributed by atoms with E-state index in [4.69, 9.17) is 4.74 Å². The summed E-state index contributed by atoms with van der Waals surface area (Å²) < 4.78 is 4.98. The molecule has 0 bridgehead atoms. The van der Waals surface area contributed by atoms with Gasteiger partial charge in [0, 0.05) is 17.9 Å². The average molecular weight is 248 g/mol. The minimum atomic E-state index is -0.170. The summed E-state index contributed by atoms with van der Waals surface area (Å²) in [6.45, 7) is 1.78. The molecule has 1 aliphatic carbocycles. The Morgan fingerprint density at radius 2 is 2.11 bits per heavy atom. The summed E-state index contributed by atoms with van der Waals surface area (Å²) in [6, 6.07) is 0. The van der Waals surface area contributed by atoms with Crippen molar-refractivity contribution in [1.82, 2.24) is 10.3 Å². The Morgan fingerprint density at radius 1 is 1.33 bits per heavy atom. The molecule has 3 rings (SSSR count). The number of methoxy groups -OCH3 is 1. The summed E-state index contributed by atoms with van der Waals surface area (Å²) in [5, 5.41) is 3.35. The Bertz CT molecular complexity index is 459. The quantitative estimate of drug-likeness (QED) is 0.788. The SMILES string of the molecule is COC(=O)c1c(C2CCCC2)[nH]c2c1CCNC2. The van der Waals surface area contributed by atoms with Crippen molar-refractivity contribution in [1.29, 1.82) is 0 Å². The molecule has 4 heteroatoms. The standard InChI is InChI=1S/C14H20N2O2/c1-18-14(17)12-10-6-7-15-8-11(10)16-13(12)9-4-2-3-5-9/h9,15-16H,2-8H2,1H3. The molecule has 0 aromatic carbocycles. The predicted octanol–water partition coefficient (Wildman–Crippen LogP) is 2.10. The van der Waals surface area contributed by atoms with Crippen LogP contribution in [0, 0.1) is 0 Å². The number of carbonyl (C=O) groups excluding carboxylic acids is 1. The van der Waals surface area contributed by atoms with E-state index in [9.17, 15) is 4.79 Å². The van der Waals surface area contributed by atoms with E-state index in [0.29, 0.717) is 5.92 Å². The molecule has 1 saturated carbocycles. The van der Waals surface area contributed by atoms with Gasteiger partial charge in [-0.25, -0.2) is 4.79 Å². The van der Waals surface area contributed by atoms with Gasteiger partial charge in [0.2, 0.25) is 0 Å². The monoisotopic (exact) mass is 248 g/mol. The first-order valence-corrected chi connectivity index (χ1v) is 6.84. The number of fused-ring (bicyclic) bond motifs is 1. The topological polar surface area (TPSA) is 54.1 Å². The van der Waals surface area contributed by atoms with Crippen molar-refractivity contribution in [3.05, 3.63) is 22.5 Å². The maximum absolute atomic E-state index is 12.1. The van der Waals surface area contributed by atoms with E-state index < -0.39 is 0 Å². The zero-order valence-electron chi connectivity index (χ0n) is 10.8. The summed E-state index contributed by atoms with van der Waals surface area (Å²) in [7, 11) is 1.47. The minimum Gasteiger partial charge on any atom is -0.465 e. The van der Waals surface area contributed by atoms with Crippen molar-refractivity contribution in [3.63, 3.8) is 0 Å². The van der Waals surface area contributed by atoms with Gasteiger partial charge >= 0.3 is 5.97 Å². The molecule has 0 saturated heterocycles. The molecule has 4 nitrogen and oxygen atoms in total. The second-order valence-corrected chi connectivity index (χ2v) is 5.27. The van der Waals surface area contributed by atoms with Crippen LogP contribution >= 0.6 is 0 Å². The summed E-state index contributed by atoms with van der Waals surface area (Å²) in [4.78, 5) is 15.6. The molecule has 1 fully saturated rings. The van der Waals surface area contributed by atoms with Crippen LogP contribution < -0.4 is 5.32 Å². The zero-order valence-corrected chi connectivity index (χ0v) is 10.8. The number of rotatable bonds is 2. The van der Waals surface area contributed by atoms with Gasteiger partial charge in [-0.15, -0.1) is 0 Å². The Kier molecular flexibility index (Phi) is 3.12. The third-order valence-corrected chi connectivity index (χ3v) is 4.23. The molecular formula is C14H20N2O2. The fourth-order valence-electron chi connectivity index (χ4n) is 3.32. The van der Waals surface area contributed by atoms with E-state index in [1.165, 1.54) is 44.1 Å². The molecule has 0 radical (unpaired) electrons. The van der Waals surface area contributed by atoms with Crippen LogP contribution in [0.3, 0.4) is 0 Å². The summed E-state index contributed by atoms with van der Waals surface area (Å²) in [5.74, 6) is 0.348. The van der Waals surface area contributed by atoms with E-state index in [1.807, 2.05) is 0 Å². The predicted molar refractivity (Wildman–Crippen MR) is 68.8 cm³/mol. The highest BCUT2D eigenvalue weighted by molar-refractivity contribution is 5.93. The molecule has 0 amide bonds. The van der Waals surface area contributed by atoms with E-state index >= 15 is 0 Å². The van der Waals surface area contributed by atoms with Crippen molar-refractivity contribution in [2.45, 2.75) is 44.6 Å². The second-order valence-electron chi connectivity index (χ2n) is 5.27. The number of aromatic amines is 1. The van der Waals surface area contributed by atoms with Crippen molar-refractivity contribution in [2.24, 2.45) is 0 Å². The van der Waals surface area contributed by atoms with Crippen LogP contribution in [0.4, 0.5) is 0 Å². The molecule has 1 aliphatic heterocycles. The smallest absolute Gasteiger partial charge is 0.339 e. The van der Waals surface area contributed by atoms with Gasteiger partial charge in [-0.3, -0.25) is 0 Å². The molecule has 0 atom stereocenters. The lowest BCUT2D eigenvalue weighted by atomic mass is 9.96. The maximum atomic E-state index is 12.1. The number of H-pyrrole nitrogens is 1. The minimum absolute atomic E-state index is 0.170. The van der Waals surface area contributed by atoms with Gasteiger partial charge in [0.25, 0.3) is 0 Å². The molecule has 18 heavy (non-hydrogen) atoms. The first-order chi connectivity index (χ1) is 8.81. The van der Waals surface area contributed by atoms with Crippen molar-refractivity contribution < 1.29 is 9.53 Å². The first kappa shape index (κ1) is 11.8. The van der Waals surface area contributed by atoms with Crippen LogP contribution in [0.15, 0.2) is 0 Å². The number of ether oxygens (including phenoxy) is 1. The van der Waals surface area contributed by atoms with Crippen LogP contribution in [0.25, 0.3) is 0 Å². The van der Waals surface area contributed by atoms with E-state index in [-0.39, 0.29) is 5.97 Å². The largest absolute Gasteiger partial charge is 0.465 e. The highest BCUT2D eigenvalue weighted by Gasteiger charge is 2.30. The van der Waals surface area contributed by atoms with Gasteiger partial charge in [0.05, 0.1) is 12.7 Å². The Labute approximate surface area is 107 Å². The Balaban J connectivity index is 2.05. The van der Waals surface area contributed by atoms with Crippen LogP contribution in [0.2, 0.25) is 0 Å². The van der Waals surface area contributed by atoms with Gasteiger partial charge in [-0.05, 0) is 37.3 Å². The molecule has 1 aromatic heterocycles. The molecule has 0 spiro atoms. The van der Waals surface area contributed by atoms with Gasteiger partial charge in [0.1, 0.15) is 0 Å². The normalized spacial score (nSPS) is 19.8. The Morgan fingerprint density at radius 3 is 2.83 bits per heavy atom. The zero-order chi connectivity index (χ0) is 12.5. The number of hydrogen-bond donors (Lipinski definition) is 2. The second kappa shape index (κ2) is 4.76. The fraction of sp³-hybridized carbons (Fsp3) is 0.643. The van der Waals surface area contributed by atoms with Gasteiger partial charge in [-0.2, -0.15) is 0 Å². The van der Waals surface area contributed by atoms with Gasteiger partial charge in [-0.1, -0.05) is 12.8 Å². The van der Waals surface area contributed by atoms with Crippen molar-refractivity contribution >= 4 is 5.97 Å². The fourth-order valence-corrected chi connectivity index (χ4v) is 3.32. The van der Waals surface area contributed by atoms with E-state index in [2.05, 4.69) is 10.3 Å². The maximum Gasteiger partial charge on any atom is 0.339 e. The van der Waals surface area contributed by atoms with Crippen LogP contribution in [0.1, 0.15) is 58.9 Å². The lowest BCUT2D eigenvalue weighted by molar-refractivity contribution is 0.0597. The molecule has 1 aromatic rings. The summed E-state index contributed by atoms with van der Waals surface area (Å²) >= 11 is 0. The molecule has 2 N–H and O–H groups in total. The average Bonchev–Trinajstić information content (AvgIpc) is 3.04. The number of nitrogens with one attached hydrogen (secondary N) is 2. The third kappa shape index (κ3) is 1.85. The third-order valence-electron chi connectivity index (χ3n) is 4.23. The molecule has 2 heterocycles. The van der Waals surface area contributed by atoms with Crippen LogP contribution in [0.5, 0.6) is 0 Å². The van der Waals surface area contributed by atoms with Gasteiger partial charge < -0.3 is 15.0 Å². The van der Waals surface area contributed by atoms with Crippen molar-refractivity contribution in [3.8, 4) is 0 Å². The Hall–Kier alpha value is -1.29. The molecule has 2 aliphatic rings. The molecule has 0 unspecified atom stereocenters. The van der Waals surface area contributed by atoms with Gasteiger partial charge in [0.15, 0.2) is 0 Å². The first-order valence-electron chi connectivity index (χ1n) is 6.84. The van der Waals surface area contributed by atoms with E-state index in [1.54, 1.807) is 0 Å². The lowest BCUT2D eigenvalue weighted by Gasteiger charge is -2.13. The summed E-state index contributed by atoms with van der Waals surface area (Å²) in [6.07, 6.45) is 5.84.